The predicted octanol–water partition coefficient (Wildman–Crippen LogP) is 8.61. The van der Waals surface area contributed by atoms with Crippen LogP contribution in [0.2, 0.25) is 0 Å². The summed E-state index contributed by atoms with van der Waals surface area (Å²) in [6.45, 7) is 12.8. The second-order valence-corrected chi connectivity index (χ2v) is 11.6. The lowest BCUT2D eigenvalue weighted by atomic mass is 9.96. The molecule has 5 aromatic rings. The average Bonchev–Trinajstić information content (AvgIpc) is 3.54. The minimum Gasteiger partial charge on any atom is -0.457 e. The monoisotopic (exact) mass is 601 g/mol. The molecule has 0 spiro atoms. The molecule has 2 atom stereocenters. The molecule has 44 heavy (non-hydrogen) atoms. The fourth-order valence-corrected chi connectivity index (χ4v) is 6.60. The summed E-state index contributed by atoms with van der Waals surface area (Å²) in [4.78, 5) is 9.33. The van der Waals surface area contributed by atoms with E-state index in [1.54, 1.807) is 0 Å². The number of aryl methyl sites for hydroxylation is 2. The number of nitrogens with zero attached hydrogens (tertiary/aromatic N) is 4. The highest BCUT2D eigenvalue weighted by Gasteiger charge is 2.42. The zero-order valence-corrected chi connectivity index (χ0v) is 26.8. The molecule has 2 aromatic heterocycles. The van der Waals surface area contributed by atoms with Crippen molar-refractivity contribution in [3.63, 3.8) is 0 Å². The Hall–Kier alpha value is -4.62. The lowest BCUT2D eigenvalue weighted by Crippen LogP contribution is -2.29. The Labute approximate surface area is 265 Å². The molecule has 0 amide bonds. The van der Waals surface area contributed by atoms with Crippen LogP contribution in [-0.4, -0.2) is 27.8 Å². The third-order valence-corrected chi connectivity index (χ3v) is 8.81. The number of anilines is 2. The first-order valence-corrected chi connectivity index (χ1v) is 15.7. The normalized spacial score (nSPS) is 16.2. The van der Waals surface area contributed by atoms with Crippen molar-refractivity contribution in [1.82, 2.24) is 14.9 Å². The van der Waals surface area contributed by atoms with Gasteiger partial charge in [-0.15, -0.1) is 0 Å². The summed E-state index contributed by atoms with van der Waals surface area (Å²) in [6.07, 6.45) is 1.84. The van der Waals surface area contributed by atoms with Crippen LogP contribution in [0.4, 0.5) is 11.4 Å². The lowest BCUT2D eigenvalue weighted by Gasteiger charge is -2.28. The minimum atomic E-state index is -0.119. The van der Waals surface area contributed by atoms with Crippen molar-refractivity contribution in [2.75, 3.05) is 22.9 Å². The molecular weight excluding hydrogens is 563 g/mol. The second-order valence-electron chi connectivity index (χ2n) is 11.3. The van der Waals surface area contributed by atoms with Gasteiger partial charge < -0.3 is 24.4 Å². The van der Waals surface area contributed by atoms with Crippen molar-refractivity contribution in [2.45, 2.75) is 46.7 Å². The van der Waals surface area contributed by atoms with Gasteiger partial charge in [-0.2, -0.15) is 0 Å². The highest BCUT2D eigenvalue weighted by atomic mass is 32.1. The van der Waals surface area contributed by atoms with Gasteiger partial charge in [-0.1, -0.05) is 23.8 Å². The number of nitrogens with one attached hydrogen (secondary N) is 1. The smallest absolute Gasteiger partial charge is 0.174 e. The first-order valence-electron chi connectivity index (χ1n) is 15.3. The molecule has 3 heterocycles. The van der Waals surface area contributed by atoms with Gasteiger partial charge >= 0.3 is 0 Å². The molecule has 224 valence electrons. The maximum absolute atomic E-state index is 6.12. The largest absolute Gasteiger partial charge is 0.457 e. The van der Waals surface area contributed by atoms with Crippen molar-refractivity contribution in [2.24, 2.45) is 0 Å². The van der Waals surface area contributed by atoms with E-state index < -0.39 is 0 Å². The third kappa shape index (κ3) is 5.67. The van der Waals surface area contributed by atoms with Gasteiger partial charge in [0.05, 0.1) is 17.8 Å². The van der Waals surface area contributed by atoms with Crippen LogP contribution < -0.4 is 19.9 Å². The number of thiocarbonyl (C=S) groups is 1. The number of ether oxygens (including phenoxy) is 1. The molecule has 1 aliphatic rings. The summed E-state index contributed by atoms with van der Waals surface area (Å²) in [5, 5.41) is 4.28. The fraction of sp³-hybridized carbons (Fsp3) is 0.243. The molecule has 0 saturated carbocycles. The standard InChI is InChI=1S/C37H39N5OS/c1-6-40(7-2)28-13-15-29(16-14-28)41-26(4)24-33(27(41)5)36-35(34-10-8-9-23-38-34)39-37(44)42(36)30-17-21-32(22-18-30)43-31-19-11-25(3)12-20-31/h8-24,35-36H,6-7H2,1-5H3,(H,39,44)/t35-,36-/m1/s1. The van der Waals surface area contributed by atoms with Crippen LogP contribution in [0.1, 0.15) is 54.1 Å². The van der Waals surface area contributed by atoms with E-state index in [1.807, 2.05) is 42.6 Å². The van der Waals surface area contributed by atoms with Gasteiger partial charge in [-0.05, 0) is 131 Å². The van der Waals surface area contributed by atoms with Crippen molar-refractivity contribution in [3.05, 3.63) is 131 Å². The maximum atomic E-state index is 6.12. The van der Waals surface area contributed by atoms with Gasteiger partial charge in [0.2, 0.25) is 0 Å². The van der Waals surface area contributed by atoms with Crippen LogP contribution >= 0.6 is 12.2 Å². The SMILES string of the molecule is CCN(CC)c1ccc(-n2c(C)cc([C@@H]3[C@@H](c4ccccn4)NC(=S)N3c3ccc(Oc4ccc(C)cc4)cc3)c2C)cc1. The summed E-state index contributed by atoms with van der Waals surface area (Å²) >= 11 is 6.01. The molecule has 7 heteroatoms. The van der Waals surface area contributed by atoms with Gasteiger partial charge in [-0.3, -0.25) is 4.98 Å². The fourth-order valence-electron chi connectivity index (χ4n) is 6.25. The number of aromatic nitrogens is 2. The Bertz CT molecular complexity index is 1730. The van der Waals surface area contributed by atoms with Crippen molar-refractivity contribution in [1.29, 1.82) is 0 Å². The maximum Gasteiger partial charge on any atom is 0.174 e. The number of pyridine rings is 1. The molecule has 3 aromatic carbocycles. The molecule has 0 aliphatic carbocycles. The van der Waals surface area contributed by atoms with Crippen molar-refractivity contribution in [3.8, 4) is 17.2 Å². The zero-order valence-electron chi connectivity index (χ0n) is 26.0. The number of rotatable bonds is 9. The van der Waals surface area contributed by atoms with Crippen LogP contribution in [0.15, 0.2) is 103 Å². The molecule has 0 radical (unpaired) electrons. The Morgan fingerprint density at radius 1 is 0.818 bits per heavy atom. The summed E-state index contributed by atoms with van der Waals surface area (Å²) in [5.41, 5.74) is 9.10. The molecular formula is C37H39N5OS. The van der Waals surface area contributed by atoms with Crippen LogP contribution in [0, 0.1) is 20.8 Å². The molecule has 6 nitrogen and oxygen atoms in total. The predicted molar refractivity (Wildman–Crippen MR) is 184 cm³/mol. The molecule has 0 bridgehead atoms. The summed E-state index contributed by atoms with van der Waals surface area (Å²) in [6, 6.07) is 33.3. The molecule has 0 unspecified atom stereocenters. The Kier molecular flexibility index (Phi) is 8.40. The molecule has 1 aliphatic heterocycles. The molecule has 1 saturated heterocycles. The van der Waals surface area contributed by atoms with E-state index in [2.05, 4.69) is 115 Å². The highest BCUT2D eigenvalue weighted by molar-refractivity contribution is 7.80. The van der Waals surface area contributed by atoms with E-state index in [0.717, 1.165) is 41.7 Å². The minimum absolute atomic E-state index is 0.101. The third-order valence-electron chi connectivity index (χ3n) is 8.50. The van der Waals surface area contributed by atoms with E-state index in [1.165, 1.54) is 28.2 Å². The number of hydrogen-bond acceptors (Lipinski definition) is 4. The zero-order chi connectivity index (χ0) is 30.8. The van der Waals surface area contributed by atoms with Gasteiger partial charge in [-0.25, -0.2) is 0 Å². The Morgan fingerprint density at radius 3 is 2.07 bits per heavy atom. The van der Waals surface area contributed by atoms with E-state index in [9.17, 15) is 0 Å². The highest BCUT2D eigenvalue weighted by Crippen LogP contribution is 2.44. The first kappa shape index (κ1) is 29.5. The van der Waals surface area contributed by atoms with Crippen LogP contribution in [0.5, 0.6) is 11.5 Å². The van der Waals surface area contributed by atoms with E-state index in [4.69, 9.17) is 21.9 Å². The summed E-state index contributed by atoms with van der Waals surface area (Å²) < 4.78 is 8.46. The van der Waals surface area contributed by atoms with E-state index in [0.29, 0.717) is 5.11 Å². The van der Waals surface area contributed by atoms with Crippen LogP contribution in [0.3, 0.4) is 0 Å². The molecule has 6 rings (SSSR count). The lowest BCUT2D eigenvalue weighted by molar-refractivity contribution is 0.482. The van der Waals surface area contributed by atoms with Crippen molar-refractivity contribution >= 4 is 28.7 Å². The topological polar surface area (TPSA) is 45.6 Å². The van der Waals surface area contributed by atoms with E-state index in [-0.39, 0.29) is 12.1 Å². The summed E-state index contributed by atoms with van der Waals surface area (Å²) in [7, 11) is 0. The average molecular weight is 602 g/mol. The summed E-state index contributed by atoms with van der Waals surface area (Å²) in [5.74, 6) is 1.59. The van der Waals surface area contributed by atoms with Gasteiger partial charge in [0.15, 0.2) is 5.11 Å². The van der Waals surface area contributed by atoms with Gasteiger partial charge in [0, 0.05) is 47.7 Å². The van der Waals surface area contributed by atoms with Gasteiger partial charge in [0.25, 0.3) is 0 Å². The number of hydrogen-bond donors (Lipinski definition) is 1. The van der Waals surface area contributed by atoms with Crippen LogP contribution in [0.25, 0.3) is 5.69 Å². The molecule has 1 fully saturated rings. The van der Waals surface area contributed by atoms with Crippen molar-refractivity contribution < 1.29 is 4.74 Å². The first-order chi connectivity index (χ1) is 21.4. The Morgan fingerprint density at radius 2 is 1.45 bits per heavy atom. The Balaban J connectivity index is 1.37. The van der Waals surface area contributed by atoms with Gasteiger partial charge in [0.1, 0.15) is 11.5 Å². The number of benzene rings is 3. The second kappa shape index (κ2) is 12.5. The quantitative estimate of drug-likeness (QED) is 0.171. The van der Waals surface area contributed by atoms with Crippen LogP contribution in [-0.2, 0) is 0 Å². The molecule has 1 N–H and O–H groups in total. The van der Waals surface area contributed by atoms with E-state index >= 15 is 0 Å².